The van der Waals surface area contributed by atoms with E-state index in [1.54, 1.807) is 17.8 Å². The number of carbonyl (C=O) groups is 1. The number of rotatable bonds is 5. The van der Waals surface area contributed by atoms with Gasteiger partial charge in [-0.25, -0.2) is 0 Å². The number of aromatic nitrogens is 6. The van der Waals surface area contributed by atoms with Crippen molar-refractivity contribution in [2.45, 2.75) is 27.7 Å². The molecule has 354 valence electrons. The number of benzene rings is 6. The van der Waals surface area contributed by atoms with E-state index in [2.05, 4.69) is 44.7 Å². The number of nitro benzene ring substituents is 1. The fraction of sp³-hybridized carbons (Fsp3) is 0.119. The standard InChI is InChI=1S/C13H11N3O.C13H11N3.C7H10N2.C6H4FNO2.C2H6O.CH2O3.ClH.2K.2Na.O4S2.H/c1-10-6-8-11(9-7-10)15-14-12-4-2-3-5-13(12)16(15)17;1-10-6-8-11(9-7-10)16-14-12-4-2-3-5-13(12)15-16;1-6-2-4-7(9-8)5-3-6;7-5-3-1-2-4-6(5)8(9)10;1-2-3;2-1-4-3;;;;;;1-5(2)6(3)4;/h2-9H,1H3;2-9H,1H3;2-5,9H,8H2,1H3;1-4H;3H,2H2,1H3;1,3H;1H;;;;;;/q;;;;;;;2*+1;;;;-1/p-1. The molecular formula is C42H45ClFK2N9Na2O11S2. The van der Waals surface area contributed by atoms with Gasteiger partial charge in [0, 0.05) is 18.4 Å². The predicted octanol–water partition coefficient (Wildman–Crippen LogP) is -1.42. The number of para-hydroxylation sites is 2. The van der Waals surface area contributed by atoms with Crippen molar-refractivity contribution in [1.82, 2.24) is 24.9 Å². The fourth-order valence-corrected chi connectivity index (χ4v) is 4.70. The second-order valence-corrected chi connectivity index (χ2v) is 14.9. The predicted molar refractivity (Wildman–Crippen MR) is 258 cm³/mol. The molecule has 4 N–H and O–H groups in total. The quantitative estimate of drug-likeness (QED) is 0.0261. The summed E-state index contributed by atoms with van der Waals surface area (Å²) < 4.78 is 48.7. The van der Waals surface area contributed by atoms with Crippen molar-refractivity contribution in [3.8, 4) is 11.4 Å². The number of hydrazine groups is 1. The van der Waals surface area contributed by atoms with E-state index in [1.165, 1.54) is 71.7 Å². The van der Waals surface area contributed by atoms with Crippen LogP contribution in [0.2, 0.25) is 0 Å². The van der Waals surface area contributed by atoms with Gasteiger partial charge >= 0.3 is 171 Å². The van der Waals surface area contributed by atoms with Crippen molar-refractivity contribution >= 4 is 114 Å². The molecule has 0 aliphatic rings. The van der Waals surface area contributed by atoms with Crippen molar-refractivity contribution in [3.05, 3.63) is 183 Å². The third-order valence-corrected chi connectivity index (χ3v) is 8.59. The van der Waals surface area contributed by atoms with E-state index in [1.807, 2.05) is 117 Å². The third kappa shape index (κ3) is 27.6. The van der Waals surface area contributed by atoms with Crippen LogP contribution in [-0.2, 0) is 28.2 Å². The first kappa shape index (κ1) is 71.9. The minimum absolute atomic E-state index is 0. The molecule has 20 nitrogen and oxygen atoms in total. The molecular weight excluding hydrogens is 1050 g/mol. The Kier molecular flexibility index (Phi) is 43.1. The van der Waals surface area contributed by atoms with Crippen LogP contribution in [-0.4, -0.2) is 108 Å². The number of anilines is 1. The molecule has 0 atom stereocenters. The SMILES string of the molecule is CCO.Cc1ccc(-n2nc3ccccc3[n+]2[O-])cc1.Cc1ccc(-n2nc3ccccc3n2)cc1.Cc1ccc(NN)cc1.Cl.O=CO[O-].O=S(=O)=S(=O)=O.O=[N+]([O-])c1ccccc1F.[H-].[K+].[K+].[Na][Na]. The number of halogens is 2. The summed E-state index contributed by atoms with van der Waals surface area (Å²) in [7, 11) is -5.90. The molecule has 0 aliphatic heterocycles. The molecule has 6 aromatic carbocycles. The van der Waals surface area contributed by atoms with Crippen molar-refractivity contribution in [1.29, 1.82) is 0 Å². The Labute approximate surface area is 526 Å². The molecule has 0 aliphatic carbocycles. The number of aliphatic hydroxyl groups excluding tert-OH is 1. The van der Waals surface area contributed by atoms with E-state index in [0.717, 1.165) is 50.6 Å². The Morgan fingerprint density at radius 1 is 0.743 bits per heavy atom. The molecule has 0 radical (unpaired) electrons. The molecule has 0 saturated heterocycles. The van der Waals surface area contributed by atoms with Gasteiger partial charge in [-0.3, -0.25) is 20.8 Å². The molecule has 0 bridgehead atoms. The van der Waals surface area contributed by atoms with Crippen molar-refractivity contribution < 1.29 is 155 Å². The first-order valence-electron chi connectivity index (χ1n) is 19.6. The van der Waals surface area contributed by atoms with E-state index in [0.29, 0.717) is 11.0 Å². The van der Waals surface area contributed by atoms with Crippen LogP contribution in [0.4, 0.5) is 15.8 Å². The normalized spacial score (nSPS) is 8.91. The van der Waals surface area contributed by atoms with Gasteiger partial charge < -0.3 is 27.3 Å². The van der Waals surface area contributed by atoms with Crippen LogP contribution in [0.1, 0.15) is 25.0 Å². The van der Waals surface area contributed by atoms with Crippen LogP contribution in [0.3, 0.4) is 0 Å². The third-order valence-electron chi connectivity index (χ3n) is 7.70. The fourth-order valence-electron chi connectivity index (χ4n) is 4.70. The molecule has 0 fully saturated rings. The van der Waals surface area contributed by atoms with Crippen LogP contribution in [0, 0.1) is 41.9 Å². The Bertz CT molecular complexity index is 2940. The van der Waals surface area contributed by atoms with E-state index in [-0.39, 0.29) is 130 Å². The summed E-state index contributed by atoms with van der Waals surface area (Å²) in [6.45, 7) is 7.87. The van der Waals surface area contributed by atoms with E-state index < -0.39 is 35.0 Å². The summed E-state index contributed by atoms with van der Waals surface area (Å²) in [4.78, 5) is 24.3. The zero-order valence-corrected chi connectivity index (χ0v) is 52.2. The Balaban J connectivity index is -0.000000387. The Morgan fingerprint density at radius 2 is 1.11 bits per heavy atom. The summed E-state index contributed by atoms with van der Waals surface area (Å²) in [5, 5.41) is 51.1. The number of nitrogens with one attached hydrogen (secondary N) is 1. The maximum atomic E-state index is 12.4. The Hall–Kier alpha value is -2.40. The molecule has 8 aromatic rings. The first-order valence-corrected chi connectivity index (χ1v) is 30.2. The number of nitrogen functional groups attached to an aromatic ring is 1. The average molecular weight is 1090 g/mol. The molecule has 0 spiro atoms. The van der Waals surface area contributed by atoms with E-state index >= 15 is 0 Å². The number of hydrogen-bond acceptors (Lipinski definition) is 16. The number of aryl methyl sites for hydroxylation is 3. The van der Waals surface area contributed by atoms with Gasteiger partial charge in [-0.2, -0.15) is 26.0 Å². The zero-order chi connectivity index (χ0) is 50.3. The Morgan fingerprint density at radius 3 is 1.47 bits per heavy atom. The monoisotopic (exact) mass is 1090 g/mol. The van der Waals surface area contributed by atoms with Gasteiger partial charge in [-0.15, -0.1) is 27.4 Å². The van der Waals surface area contributed by atoms with Crippen LogP contribution < -0.4 is 124 Å². The summed E-state index contributed by atoms with van der Waals surface area (Å²) in [5.74, 6) is 4.35. The molecule has 0 amide bonds. The van der Waals surface area contributed by atoms with Crippen molar-refractivity contribution in [3.63, 3.8) is 0 Å². The van der Waals surface area contributed by atoms with E-state index in [9.17, 15) is 19.7 Å². The number of hydrogen-bond donors (Lipinski definition) is 3. The van der Waals surface area contributed by atoms with Gasteiger partial charge in [-0.1, -0.05) is 89.5 Å². The van der Waals surface area contributed by atoms with Gasteiger partial charge in [-0.05, 0) is 99.2 Å². The molecule has 2 heterocycles. The zero-order valence-electron chi connectivity index (χ0n) is 40.5. The number of aliphatic hydroxyl groups is 1. The summed E-state index contributed by atoms with van der Waals surface area (Å²) >= 11 is 2.89. The molecule has 2 aromatic heterocycles. The number of nitro groups is 1. The minimum atomic E-state index is -2.95. The van der Waals surface area contributed by atoms with Gasteiger partial charge in [0.05, 0.1) is 15.7 Å². The number of nitrogens with zero attached hydrogens (tertiary/aromatic N) is 7. The van der Waals surface area contributed by atoms with Crippen LogP contribution in [0.5, 0.6) is 0 Å². The molecule has 0 saturated carbocycles. The molecule has 28 heteroatoms. The first-order chi connectivity index (χ1) is 32.1. The van der Waals surface area contributed by atoms with Gasteiger partial charge in [0.1, 0.15) is 16.7 Å². The topological polar surface area (TPSA) is 295 Å². The van der Waals surface area contributed by atoms with Crippen LogP contribution >= 0.6 is 12.4 Å². The number of nitrogens with two attached hydrogens (primary N) is 1. The molecule has 8 rings (SSSR count). The van der Waals surface area contributed by atoms with E-state index in [4.69, 9.17) is 37.8 Å². The number of fused-ring (bicyclic) bond motifs is 2. The molecule has 70 heavy (non-hydrogen) atoms. The number of carbonyl (C=O) groups excluding carboxylic acids is 1. The van der Waals surface area contributed by atoms with Crippen LogP contribution in [0.25, 0.3) is 33.4 Å². The van der Waals surface area contributed by atoms with Crippen molar-refractivity contribution in [2.24, 2.45) is 5.84 Å². The maximum absolute atomic E-state index is 12.4. The van der Waals surface area contributed by atoms with Gasteiger partial charge in [0.15, 0.2) is 0 Å². The van der Waals surface area contributed by atoms with Gasteiger partial charge in [0.2, 0.25) is 16.9 Å². The summed E-state index contributed by atoms with van der Waals surface area (Å²) in [6.07, 6.45) is 0. The van der Waals surface area contributed by atoms with Crippen molar-refractivity contribution in [2.75, 3.05) is 12.0 Å². The van der Waals surface area contributed by atoms with Gasteiger partial charge in [0.25, 0.3) is 6.47 Å². The van der Waals surface area contributed by atoms with Crippen LogP contribution in [0.15, 0.2) is 146 Å². The summed E-state index contributed by atoms with van der Waals surface area (Å²) in [6, 6.07) is 43.9. The molecule has 0 unspecified atom stereocenters. The summed E-state index contributed by atoms with van der Waals surface area (Å²) in [5.41, 5.74) is 11.5. The second kappa shape index (κ2) is 42.0. The average Bonchev–Trinajstić information content (AvgIpc) is 3.93. The second-order valence-electron chi connectivity index (χ2n) is 12.4.